The Morgan fingerprint density at radius 1 is 1.65 bits per heavy atom. The van der Waals surface area contributed by atoms with E-state index in [1.165, 1.54) is 0 Å². The van der Waals surface area contributed by atoms with Crippen LogP contribution in [0.25, 0.3) is 0 Å². The van der Waals surface area contributed by atoms with Gasteiger partial charge >= 0.3 is 0 Å². The van der Waals surface area contributed by atoms with Crippen LogP contribution in [0.15, 0.2) is 10.6 Å². The molecule has 0 aliphatic heterocycles. The van der Waals surface area contributed by atoms with Gasteiger partial charge in [0.1, 0.15) is 11.5 Å². The summed E-state index contributed by atoms with van der Waals surface area (Å²) in [5.41, 5.74) is 6.58. The van der Waals surface area contributed by atoms with Crippen LogP contribution in [0.1, 0.15) is 37.6 Å². The Balaban J connectivity index is 2.46. The molecule has 1 amide bonds. The Morgan fingerprint density at radius 2 is 2.35 bits per heavy atom. The number of hydrogen-bond donors (Lipinski definition) is 1. The third-order valence-electron chi connectivity index (χ3n) is 2.64. The number of nitrogens with zero attached hydrogens (tertiary/aromatic N) is 2. The Hall–Kier alpha value is -1.36. The summed E-state index contributed by atoms with van der Waals surface area (Å²) in [5.74, 6) is 0.704. The molecule has 0 unspecified atom stereocenters. The Kier molecular flexibility index (Phi) is 5.15. The van der Waals surface area contributed by atoms with E-state index in [9.17, 15) is 4.79 Å². The van der Waals surface area contributed by atoms with E-state index in [0.717, 1.165) is 30.7 Å². The lowest BCUT2D eigenvalue weighted by Crippen LogP contribution is -2.41. The normalized spacial score (nSPS) is 12.5. The summed E-state index contributed by atoms with van der Waals surface area (Å²) in [7, 11) is 1.73. The summed E-state index contributed by atoms with van der Waals surface area (Å²) < 4.78 is 4.95. The molecule has 17 heavy (non-hydrogen) atoms. The summed E-state index contributed by atoms with van der Waals surface area (Å²) in [6.07, 6.45) is 2.76. The second kappa shape index (κ2) is 6.39. The molecule has 1 atom stereocenters. The molecular formula is C12H21N3O2. The van der Waals surface area contributed by atoms with Crippen molar-refractivity contribution in [3.05, 3.63) is 17.5 Å². The van der Waals surface area contributed by atoms with E-state index < -0.39 is 6.04 Å². The fourth-order valence-corrected chi connectivity index (χ4v) is 1.64. The second-order valence-electron chi connectivity index (χ2n) is 4.37. The number of hydrogen-bond acceptors (Lipinski definition) is 4. The van der Waals surface area contributed by atoms with Gasteiger partial charge in [-0.1, -0.05) is 24.9 Å². The fraction of sp³-hybridized carbons (Fsp3) is 0.667. The molecular weight excluding hydrogens is 218 g/mol. The zero-order valence-electron chi connectivity index (χ0n) is 10.8. The van der Waals surface area contributed by atoms with Gasteiger partial charge in [-0.05, 0) is 13.3 Å². The fourth-order valence-electron chi connectivity index (χ4n) is 1.64. The lowest BCUT2D eigenvalue weighted by molar-refractivity contribution is -0.132. The van der Waals surface area contributed by atoms with Crippen molar-refractivity contribution >= 4 is 5.91 Å². The number of nitrogens with two attached hydrogens (primary N) is 1. The van der Waals surface area contributed by atoms with E-state index >= 15 is 0 Å². The highest BCUT2D eigenvalue weighted by molar-refractivity contribution is 5.81. The molecule has 0 fully saturated rings. The molecule has 0 bridgehead atoms. The van der Waals surface area contributed by atoms with E-state index in [1.807, 2.05) is 13.0 Å². The van der Waals surface area contributed by atoms with Gasteiger partial charge in [-0.15, -0.1) is 0 Å². The van der Waals surface area contributed by atoms with E-state index in [-0.39, 0.29) is 5.91 Å². The van der Waals surface area contributed by atoms with Gasteiger partial charge in [-0.2, -0.15) is 0 Å². The van der Waals surface area contributed by atoms with Crippen LogP contribution in [-0.4, -0.2) is 29.1 Å². The molecule has 0 saturated carbocycles. The van der Waals surface area contributed by atoms with Crippen LogP contribution in [0.2, 0.25) is 0 Å². The predicted octanol–water partition coefficient (Wildman–Crippen LogP) is 1.46. The van der Waals surface area contributed by atoms with Crippen LogP contribution < -0.4 is 5.73 Å². The number of rotatable bonds is 6. The smallest absolute Gasteiger partial charge is 0.239 e. The van der Waals surface area contributed by atoms with Crippen molar-refractivity contribution in [2.75, 3.05) is 7.05 Å². The first-order valence-corrected chi connectivity index (χ1v) is 5.97. The molecule has 0 aliphatic carbocycles. The van der Waals surface area contributed by atoms with Crippen molar-refractivity contribution in [3.8, 4) is 0 Å². The summed E-state index contributed by atoms with van der Waals surface area (Å²) in [4.78, 5) is 13.5. The first-order valence-electron chi connectivity index (χ1n) is 5.97. The lowest BCUT2D eigenvalue weighted by Gasteiger charge is -2.20. The summed E-state index contributed by atoms with van der Waals surface area (Å²) in [6, 6.07) is 1.41. The van der Waals surface area contributed by atoms with Crippen LogP contribution in [0.3, 0.4) is 0 Å². The summed E-state index contributed by atoms with van der Waals surface area (Å²) in [5, 5.41) is 3.85. The standard InChI is InChI=1S/C12H21N3O2/c1-4-5-6-11(13)12(16)15(3)8-10-7-9(2)17-14-10/h7,11H,4-6,8,13H2,1-3H3/t11-/m0/s1. The summed E-state index contributed by atoms with van der Waals surface area (Å²) in [6.45, 7) is 4.35. The van der Waals surface area contributed by atoms with Crippen molar-refractivity contribution in [2.45, 2.75) is 45.7 Å². The van der Waals surface area contributed by atoms with Gasteiger partial charge in [0, 0.05) is 13.1 Å². The number of unbranched alkanes of at least 4 members (excludes halogenated alkanes) is 1. The first kappa shape index (κ1) is 13.7. The maximum atomic E-state index is 11.9. The highest BCUT2D eigenvalue weighted by Gasteiger charge is 2.18. The van der Waals surface area contributed by atoms with Crippen molar-refractivity contribution in [1.82, 2.24) is 10.1 Å². The third-order valence-corrected chi connectivity index (χ3v) is 2.64. The zero-order valence-corrected chi connectivity index (χ0v) is 10.8. The molecule has 1 aromatic heterocycles. The van der Waals surface area contributed by atoms with E-state index in [1.54, 1.807) is 11.9 Å². The van der Waals surface area contributed by atoms with E-state index in [4.69, 9.17) is 10.3 Å². The van der Waals surface area contributed by atoms with E-state index in [2.05, 4.69) is 12.1 Å². The average Bonchev–Trinajstić information content (AvgIpc) is 2.70. The van der Waals surface area contributed by atoms with Crippen LogP contribution in [0.4, 0.5) is 0 Å². The van der Waals surface area contributed by atoms with Crippen LogP contribution in [0.5, 0.6) is 0 Å². The van der Waals surface area contributed by atoms with Gasteiger partial charge in [-0.3, -0.25) is 4.79 Å². The molecule has 0 aliphatic rings. The van der Waals surface area contributed by atoms with Gasteiger partial charge < -0.3 is 15.2 Å². The molecule has 0 aromatic carbocycles. The SMILES string of the molecule is CCCC[C@H](N)C(=O)N(C)Cc1cc(C)on1. The molecule has 5 heteroatoms. The molecule has 0 radical (unpaired) electrons. The molecule has 1 heterocycles. The Morgan fingerprint density at radius 3 is 2.88 bits per heavy atom. The maximum Gasteiger partial charge on any atom is 0.239 e. The quantitative estimate of drug-likeness (QED) is 0.815. The van der Waals surface area contributed by atoms with Crippen LogP contribution >= 0.6 is 0 Å². The topological polar surface area (TPSA) is 72.4 Å². The minimum atomic E-state index is -0.409. The lowest BCUT2D eigenvalue weighted by atomic mass is 10.1. The monoisotopic (exact) mass is 239 g/mol. The van der Waals surface area contributed by atoms with Crippen molar-refractivity contribution in [2.24, 2.45) is 5.73 Å². The molecule has 5 nitrogen and oxygen atoms in total. The molecule has 0 saturated heterocycles. The minimum Gasteiger partial charge on any atom is -0.361 e. The average molecular weight is 239 g/mol. The molecule has 1 rings (SSSR count). The Labute approximate surface area is 102 Å². The third kappa shape index (κ3) is 4.19. The maximum absolute atomic E-state index is 11.9. The van der Waals surface area contributed by atoms with Gasteiger partial charge in [0.15, 0.2) is 0 Å². The number of aromatic nitrogens is 1. The number of likely N-dealkylation sites (N-methyl/N-ethyl adjacent to an activating group) is 1. The van der Waals surface area contributed by atoms with Crippen molar-refractivity contribution in [3.63, 3.8) is 0 Å². The van der Waals surface area contributed by atoms with Gasteiger partial charge in [0.25, 0.3) is 0 Å². The first-order chi connectivity index (χ1) is 8.04. The second-order valence-corrected chi connectivity index (χ2v) is 4.37. The van der Waals surface area contributed by atoms with Crippen LogP contribution in [0, 0.1) is 6.92 Å². The van der Waals surface area contributed by atoms with Gasteiger partial charge in [0.05, 0.1) is 12.6 Å². The highest BCUT2D eigenvalue weighted by atomic mass is 16.5. The highest BCUT2D eigenvalue weighted by Crippen LogP contribution is 2.07. The zero-order chi connectivity index (χ0) is 12.8. The molecule has 96 valence electrons. The summed E-state index contributed by atoms with van der Waals surface area (Å²) >= 11 is 0. The number of carbonyl (C=O) groups excluding carboxylic acids is 1. The van der Waals surface area contributed by atoms with E-state index in [0.29, 0.717) is 6.54 Å². The predicted molar refractivity (Wildman–Crippen MR) is 65.2 cm³/mol. The van der Waals surface area contributed by atoms with Crippen molar-refractivity contribution in [1.29, 1.82) is 0 Å². The largest absolute Gasteiger partial charge is 0.361 e. The molecule has 1 aromatic rings. The Bertz CT molecular complexity index is 362. The number of aryl methyl sites for hydroxylation is 1. The number of carbonyl (C=O) groups is 1. The molecule has 0 spiro atoms. The van der Waals surface area contributed by atoms with Gasteiger partial charge in [0.2, 0.25) is 5.91 Å². The van der Waals surface area contributed by atoms with Gasteiger partial charge in [-0.25, -0.2) is 0 Å². The van der Waals surface area contributed by atoms with Crippen LogP contribution in [-0.2, 0) is 11.3 Å². The number of amides is 1. The molecule has 2 N–H and O–H groups in total. The minimum absolute atomic E-state index is 0.0425. The van der Waals surface area contributed by atoms with Crippen molar-refractivity contribution < 1.29 is 9.32 Å².